The van der Waals surface area contributed by atoms with Crippen molar-refractivity contribution in [2.75, 3.05) is 20.3 Å². The number of carbonyl (C=O) groups excluding carboxylic acids is 3. The fourth-order valence-electron chi connectivity index (χ4n) is 1.57. The van der Waals surface area contributed by atoms with Gasteiger partial charge in [-0.15, -0.1) is 0 Å². The van der Waals surface area contributed by atoms with Gasteiger partial charge in [0.2, 0.25) is 0 Å². The van der Waals surface area contributed by atoms with Gasteiger partial charge in [-0.1, -0.05) is 18.2 Å². The molecular formula is C14H18N2O5. The molecule has 0 heterocycles. The van der Waals surface area contributed by atoms with Crippen LogP contribution in [0.1, 0.15) is 12.5 Å². The van der Waals surface area contributed by atoms with Crippen LogP contribution >= 0.6 is 0 Å². The normalized spacial score (nSPS) is 9.62. The molecule has 0 saturated heterocycles. The summed E-state index contributed by atoms with van der Waals surface area (Å²) in [5, 5.41) is 4.42. The Morgan fingerprint density at radius 1 is 1.19 bits per heavy atom. The summed E-state index contributed by atoms with van der Waals surface area (Å²) in [4.78, 5) is 34.0. The molecule has 0 bridgehead atoms. The highest BCUT2D eigenvalue weighted by molar-refractivity contribution is 5.95. The van der Waals surface area contributed by atoms with Gasteiger partial charge in [0.25, 0.3) is 5.91 Å². The molecule has 0 unspecified atom stereocenters. The van der Waals surface area contributed by atoms with Crippen molar-refractivity contribution in [3.63, 3.8) is 0 Å². The molecule has 7 nitrogen and oxygen atoms in total. The van der Waals surface area contributed by atoms with Crippen molar-refractivity contribution in [1.82, 2.24) is 10.6 Å². The molecule has 114 valence electrons. The lowest BCUT2D eigenvalue weighted by Crippen LogP contribution is -2.41. The van der Waals surface area contributed by atoms with E-state index in [1.807, 2.05) is 5.32 Å². The number of amides is 3. The topological polar surface area (TPSA) is 93.7 Å². The molecule has 0 aliphatic heterocycles. The van der Waals surface area contributed by atoms with E-state index in [1.165, 1.54) is 7.11 Å². The summed E-state index contributed by atoms with van der Waals surface area (Å²) in [7, 11) is 1.50. The Kier molecular flexibility index (Phi) is 6.73. The number of imide groups is 1. The van der Waals surface area contributed by atoms with Crippen LogP contribution in [0, 0.1) is 0 Å². The zero-order valence-electron chi connectivity index (χ0n) is 12.0. The minimum absolute atomic E-state index is 0.0154. The van der Waals surface area contributed by atoms with Crippen LogP contribution in [0.2, 0.25) is 0 Å². The summed E-state index contributed by atoms with van der Waals surface area (Å²) in [6.07, 6.45) is -0.0154. The zero-order valence-corrected chi connectivity index (χ0v) is 12.0. The molecule has 1 aromatic rings. The van der Waals surface area contributed by atoms with E-state index >= 15 is 0 Å². The summed E-state index contributed by atoms with van der Waals surface area (Å²) < 4.78 is 9.91. The van der Waals surface area contributed by atoms with Crippen LogP contribution in [0.4, 0.5) is 4.79 Å². The standard InChI is InChI=1S/C14H18N2O5/c1-3-15-14(19)16-12(17)9-21-13(18)8-10-6-4-5-7-11(10)20-2/h4-7H,3,8-9H2,1-2H3,(H2,15,16,17,19). The first-order chi connectivity index (χ1) is 10.1. The van der Waals surface area contributed by atoms with Gasteiger partial charge in [-0.25, -0.2) is 4.79 Å². The number of hydrogen-bond donors (Lipinski definition) is 2. The Morgan fingerprint density at radius 2 is 1.90 bits per heavy atom. The fraction of sp³-hybridized carbons (Fsp3) is 0.357. The number of esters is 1. The van der Waals surface area contributed by atoms with Gasteiger partial charge in [0, 0.05) is 12.1 Å². The number of hydrogen-bond acceptors (Lipinski definition) is 5. The number of para-hydroxylation sites is 1. The van der Waals surface area contributed by atoms with E-state index in [4.69, 9.17) is 9.47 Å². The van der Waals surface area contributed by atoms with Gasteiger partial charge in [0.05, 0.1) is 13.5 Å². The van der Waals surface area contributed by atoms with Crippen LogP contribution in [0.5, 0.6) is 5.75 Å². The molecule has 0 atom stereocenters. The van der Waals surface area contributed by atoms with Crippen LogP contribution in [0.3, 0.4) is 0 Å². The van der Waals surface area contributed by atoms with Crippen LogP contribution in [0.15, 0.2) is 24.3 Å². The van der Waals surface area contributed by atoms with E-state index in [9.17, 15) is 14.4 Å². The number of benzene rings is 1. The average molecular weight is 294 g/mol. The van der Waals surface area contributed by atoms with E-state index in [-0.39, 0.29) is 6.42 Å². The van der Waals surface area contributed by atoms with Crippen LogP contribution in [-0.4, -0.2) is 38.2 Å². The lowest BCUT2D eigenvalue weighted by atomic mass is 10.1. The van der Waals surface area contributed by atoms with E-state index in [0.717, 1.165) is 0 Å². The highest BCUT2D eigenvalue weighted by Gasteiger charge is 2.12. The van der Waals surface area contributed by atoms with Crippen molar-refractivity contribution < 1.29 is 23.9 Å². The van der Waals surface area contributed by atoms with Crippen molar-refractivity contribution in [2.45, 2.75) is 13.3 Å². The minimum atomic E-state index is -0.686. The van der Waals surface area contributed by atoms with Gasteiger partial charge in [-0.05, 0) is 13.0 Å². The lowest BCUT2D eigenvalue weighted by molar-refractivity contribution is -0.147. The van der Waals surface area contributed by atoms with Gasteiger partial charge in [0.15, 0.2) is 6.61 Å². The number of urea groups is 1. The molecule has 2 N–H and O–H groups in total. The maximum absolute atomic E-state index is 11.6. The molecule has 1 rings (SSSR count). The van der Waals surface area contributed by atoms with Gasteiger partial charge in [-0.2, -0.15) is 0 Å². The molecule has 0 radical (unpaired) electrons. The number of rotatable bonds is 6. The second-order valence-corrected chi connectivity index (χ2v) is 4.06. The Balaban J connectivity index is 2.40. The first kappa shape index (κ1) is 16.5. The van der Waals surface area contributed by atoms with Crippen molar-refractivity contribution in [3.8, 4) is 5.75 Å². The molecule has 1 aromatic carbocycles. The molecule has 0 fully saturated rings. The predicted molar refractivity (Wildman–Crippen MR) is 74.9 cm³/mol. The predicted octanol–water partition coefficient (Wildman–Crippen LogP) is 0.627. The third-order valence-corrected chi connectivity index (χ3v) is 2.48. The summed E-state index contributed by atoms with van der Waals surface area (Å²) in [6, 6.07) is 6.39. The second-order valence-electron chi connectivity index (χ2n) is 4.06. The fourth-order valence-corrected chi connectivity index (χ4v) is 1.57. The van der Waals surface area contributed by atoms with Gasteiger partial charge >= 0.3 is 12.0 Å². The highest BCUT2D eigenvalue weighted by atomic mass is 16.5. The van der Waals surface area contributed by atoms with Crippen LogP contribution in [-0.2, 0) is 20.7 Å². The Bertz CT molecular complexity index is 516. The molecule has 0 spiro atoms. The molecule has 0 aliphatic rings. The lowest BCUT2D eigenvalue weighted by Gasteiger charge is -2.08. The van der Waals surface area contributed by atoms with E-state index in [1.54, 1.807) is 31.2 Å². The van der Waals surface area contributed by atoms with Crippen molar-refractivity contribution in [3.05, 3.63) is 29.8 Å². The SMILES string of the molecule is CCNC(=O)NC(=O)COC(=O)Cc1ccccc1OC. The monoisotopic (exact) mass is 294 g/mol. The maximum atomic E-state index is 11.6. The van der Waals surface area contributed by atoms with Crippen LogP contribution in [0.25, 0.3) is 0 Å². The van der Waals surface area contributed by atoms with Crippen molar-refractivity contribution >= 4 is 17.9 Å². The number of carbonyl (C=O) groups is 3. The van der Waals surface area contributed by atoms with Gasteiger partial charge in [-0.3, -0.25) is 14.9 Å². The molecule has 21 heavy (non-hydrogen) atoms. The first-order valence-electron chi connectivity index (χ1n) is 6.42. The number of ether oxygens (including phenoxy) is 2. The Morgan fingerprint density at radius 3 is 2.57 bits per heavy atom. The van der Waals surface area contributed by atoms with E-state index in [2.05, 4.69) is 5.32 Å². The van der Waals surface area contributed by atoms with Crippen molar-refractivity contribution in [2.24, 2.45) is 0 Å². The Hall–Kier alpha value is -2.57. The Labute approximate surface area is 122 Å². The third kappa shape index (κ3) is 5.94. The summed E-state index contributed by atoms with van der Waals surface area (Å²) in [6.45, 7) is 1.61. The summed E-state index contributed by atoms with van der Waals surface area (Å²) in [5.74, 6) is -0.693. The molecular weight excluding hydrogens is 276 g/mol. The molecule has 7 heteroatoms. The second kappa shape index (κ2) is 8.57. The quantitative estimate of drug-likeness (QED) is 0.750. The largest absolute Gasteiger partial charge is 0.496 e. The van der Waals surface area contributed by atoms with Crippen LogP contribution < -0.4 is 15.4 Å². The van der Waals surface area contributed by atoms with E-state index in [0.29, 0.717) is 17.9 Å². The summed E-state index contributed by atoms with van der Waals surface area (Å²) >= 11 is 0. The van der Waals surface area contributed by atoms with Crippen molar-refractivity contribution in [1.29, 1.82) is 0 Å². The molecule has 0 aromatic heterocycles. The number of methoxy groups -OCH3 is 1. The molecule has 0 aliphatic carbocycles. The van der Waals surface area contributed by atoms with Gasteiger partial charge in [0.1, 0.15) is 5.75 Å². The van der Waals surface area contributed by atoms with Gasteiger partial charge < -0.3 is 14.8 Å². The maximum Gasteiger partial charge on any atom is 0.321 e. The molecule has 0 saturated carbocycles. The highest BCUT2D eigenvalue weighted by Crippen LogP contribution is 2.17. The average Bonchev–Trinajstić information content (AvgIpc) is 2.46. The third-order valence-electron chi connectivity index (χ3n) is 2.48. The van der Waals surface area contributed by atoms with E-state index < -0.39 is 24.5 Å². The summed E-state index contributed by atoms with van der Waals surface area (Å²) in [5.41, 5.74) is 0.661. The zero-order chi connectivity index (χ0) is 15.7. The first-order valence-corrected chi connectivity index (χ1v) is 6.42. The minimum Gasteiger partial charge on any atom is -0.496 e. The number of nitrogens with one attached hydrogen (secondary N) is 2. The smallest absolute Gasteiger partial charge is 0.321 e. The molecule has 3 amide bonds.